The van der Waals surface area contributed by atoms with E-state index < -0.39 is 10.0 Å². The number of ether oxygens (including phenoxy) is 1. The van der Waals surface area contributed by atoms with Crippen molar-refractivity contribution < 1.29 is 17.9 Å². The standard InChI is InChI=1S/C19H22N2O4S/c1-14-3-6-17(7-4-14)26(23,24)20-18-13-16(15(2)22)5-8-19(18)21-9-11-25-12-10-21/h3-8,13,20H,9-12H2,1-2H3. The van der Waals surface area contributed by atoms with Crippen molar-refractivity contribution in [2.75, 3.05) is 35.9 Å². The number of carbonyl (C=O) groups is 1. The maximum absolute atomic E-state index is 12.8. The molecule has 1 N–H and O–H groups in total. The molecule has 1 saturated heterocycles. The zero-order chi connectivity index (χ0) is 18.7. The highest BCUT2D eigenvalue weighted by Gasteiger charge is 2.21. The van der Waals surface area contributed by atoms with Gasteiger partial charge < -0.3 is 9.64 Å². The van der Waals surface area contributed by atoms with Crippen LogP contribution in [0.2, 0.25) is 0 Å². The third kappa shape index (κ3) is 4.05. The highest BCUT2D eigenvalue weighted by Crippen LogP contribution is 2.30. The van der Waals surface area contributed by atoms with Gasteiger partial charge in [-0.25, -0.2) is 8.42 Å². The summed E-state index contributed by atoms with van der Waals surface area (Å²) in [6.07, 6.45) is 0. The summed E-state index contributed by atoms with van der Waals surface area (Å²) in [4.78, 5) is 14.0. The molecule has 0 spiro atoms. The van der Waals surface area contributed by atoms with Crippen LogP contribution < -0.4 is 9.62 Å². The molecular formula is C19H22N2O4S. The number of ketones is 1. The lowest BCUT2D eigenvalue weighted by atomic mass is 10.1. The minimum absolute atomic E-state index is 0.116. The number of nitrogens with one attached hydrogen (secondary N) is 1. The second-order valence-electron chi connectivity index (χ2n) is 6.31. The molecule has 0 aliphatic carbocycles. The first-order valence-electron chi connectivity index (χ1n) is 8.44. The van der Waals surface area contributed by atoms with Gasteiger partial charge in [0, 0.05) is 18.7 Å². The van der Waals surface area contributed by atoms with E-state index in [1.165, 1.54) is 6.92 Å². The summed E-state index contributed by atoms with van der Waals surface area (Å²) >= 11 is 0. The van der Waals surface area contributed by atoms with Gasteiger partial charge in [-0.1, -0.05) is 17.7 Å². The van der Waals surface area contributed by atoms with Gasteiger partial charge in [-0.05, 0) is 44.2 Å². The molecule has 1 aliphatic rings. The number of nitrogens with zero attached hydrogens (tertiary/aromatic N) is 1. The van der Waals surface area contributed by atoms with Crippen LogP contribution in [0.1, 0.15) is 22.8 Å². The van der Waals surface area contributed by atoms with Gasteiger partial charge in [0.25, 0.3) is 10.0 Å². The first-order chi connectivity index (χ1) is 12.4. The van der Waals surface area contributed by atoms with Crippen molar-refractivity contribution in [2.45, 2.75) is 18.7 Å². The smallest absolute Gasteiger partial charge is 0.261 e. The molecule has 3 rings (SSSR count). The number of aryl methyl sites for hydroxylation is 1. The molecule has 1 aliphatic heterocycles. The topological polar surface area (TPSA) is 75.7 Å². The Morgan fingerprint density at radius 3 is 2.35 bits per heavy atom. The van der Waals surface area contributed by atoms with Crippen LogP contribution in [0.15, 0.2) is 47.4 Å². The van der Waals surface area contributed by atoms with Crippen molar-refractivity contribution in [2.24, 2.45) is 0 Å². The van der Waals surface area contributed by atoms with Crippen molar-refractivity contribution in [1.82, 2.24) is 0 Å². The van der Waals surface area contributed by atoms with E-state index in [9.17, 15) is 13.2 Å². The molecule has 0 atom stereocenters. The van der Waals surface area contributed by atoms with Crippen LogP contribution in [-0.2, 0) is 14.8 Å². The second kappa shape index (κ2) is 7.47. The molecule has 2 aromatic rings. The minimum Gasteiger partial charge on any atom is -0.378 e. The van der Waals surface area contributed by atoms with Gasteiger partial charge in [-0.15, -0.1) is 0 Å². The lowest BCUT2D eigenvalue weighted by molar-refractivity contribution is 0.101. The zero-order valence-corrected chi connectivity index (χ0v) is 15.7. The van der Waals surface area contributed by atoms with Gasteiger partial charge in [0.15, 0.2) is 5.78 Å². The maximum atomic E-state index is 12.8. The summed E-state index contributed by atoms with van der Waals surface area (Å²) < 4.78 is 33.6. The number of carbonyl (C=O) groups excluding carboxylic acids is 1. The molecular weight excluding hydrogens is 352 g/mol. The van der Waals surface area contributed by atoms with E-state index in [0.29, 0.717) is 37.6 Å². The molecule has 1 fully saturated rings. The van der Waals surface area contributed by atoms with Crippen LogP contribution >= 0.6 is 0 Å². The quantitative estimate of drug-likeness (QED) is 0.815. The molecule has 0 unspecified atom stereocenters. The van der Waals surface area contributed by atoms with Crippen LogP contribution in [-0.4, -0.2) is 40.5 Å². The Hall–Kier alpha value is -2.38. The number of anilines is 2. The fraction of sp³-hybridized carbons (Fsp3) is 0.316. The van der Waals surface area contributed by atoms with Gasteiger partial charge in [0.1, 0.15) is 0 Å². The third-order valence-corrected chi connectivity index (χ3v) is 5.71. The number of rotatable bonds is 5. The molecule has 7 heteroatoms. The van der Waals surface area contributed by atoms with Crippen molar-refractivity contribution in [1.29, 1.82) is 0 Å². The first kappa shape index (κ1) is 18.4. The Kier molecular flexibility index (Phi) is 5.29. The number of hydrogen-bond acceptors (Lipinski definition) is 5. The van der Waals surface area contributed by atoms with Crippen LogP contribution in [0, 0.1) is 6.92 Å². The molecule has 0 amide bonds. The summed E-state index contributed by atoms with van der Waals surface area (Å²) in [7, 11) is -3.75. The lowest BCUT2D eigenvalue weighted by Crippen LogP contribution is -2.36. The summed E-state index contributed by atoms with van der Waals surface area (Å²) in [5.74, 6) is -0.116. The molecule has 6 nitrogen and oxygen atoms in total. The van der Waals surface area contributed by atoms with Gasteiger partial charge in [0.05, 0.1) is 29.5 Å². The second-order valence-corrected chi connectivity index (χ2v) is 7.99. The minimum atomic E-state index is -3.75. The monoisotopic (exact) mass is 374 g/mol. The Balaban J connectivity index is 1.99. The summed E-state index contributed by atoms with van der Waals surface area (Å²) in [5.41, 5.74) is 2.59. The van der Waals surface area contributed by atoms with E-state index in [-0.39, 0.29) is 10.7 Å². The Morgan fingerprint density at radius 1 is 1.08 bits per heavy atom. The van der Waals surface area contributed by atoms with Crippen LogP contribution in [0.4, 0.5) is 11.4 Å². The number of sulfonamides is 1. The Labute approximate surface area is 153 Å². The Bertz CT molecular complexity index is 902. The average Bonchev–Trinajstić information content (AvgIpc) is 2.62. The van der Waals surface area contributed by atoms with Gasteiger partial charge in [-0.3, -0.25) is 9.52 Å². The van der Waals surface area contributed by atoms with Crippen molar-refractivity contribution in [3.8, 4) is 0 Å². The van der Waals surface area contributed by atoms with Crippen LogP contribution in [0.5, 0.6) is 0 Å². The van der Waals surface area contributed by atoms with Gasteiger partial charge in [-0.2, -0.15) is 0 Å². The van der Waals surface area contributed by atoms with Crippen LogP contribution in [0.3, 0.4) is 0 Å². The summed E-state index contributed by atoms with van der Waals surface area (Å²) in [6.45, 7) is 5.85. The summed E-state index contributed by atoms with van der Waals surface area (Å²) in [6, 6.07) is 11.7. The van der Waals surface area contributed by atoms with Crippen LogP contribution in [0.25, 0.3) is 0 Å². The Morgan fingerprint density at radius 2 is 1.73 bits per heavy atom. The average molecular weight is 374 g/mol. The van der Waals surface area contributed by atoms with Crippen molar-refractivity contribution in [3.63, 3.8) is 0 Å². The van der Waals surface area contributed by atoms with Gasteiger partial charge in [0.2, 0.25) is 0 Å². The molecule has 138 valence electrons. The largest absolute Gasteiger partial charge is 0.378 e. The number of benzene rings is 2. The van der Waals surface area contributed by atoms with Gasteiger partial charge >= 0.3 is 0 Å². The van der Waals surface area contributed by atoms with Crippen molar-refractivity contribution >= 4 is 27.2 Å². The van der Waals surface area contributed by atoms with E-state index in [2.05, 4.69) is 9.62 Å². The predicted octanol–water partition coefficient (Wildman–Crippen LogP) is 2.84. The maximum Gasteiger partial charge on any atom is 0.261 e. The van der Waals surface area contributed by atoms with Crippen molar-refractivity contribution in [3.05, 3.63) is 53.6 Å². The molecule has 1 heterocycles. The van der Waals surface area contributed by atoms with E-state index in [4.69, 9.17) is 4.74 Å². The van der Waals surface area contributed by atoms with E-state index in [1.807, 2.05) is 6.92 Å². The number of morpholine rings is 1. The lowest BCUT2D eigenvalue weighted by Gasteiger charge is -2.30. The molecule has 0 radical (unpaired) electrons. The number of hydrogen-bond donors (Lipinski definition) is 1. The third-order valence-electron chi connectivity index (χ3n) is 4.33. The molecule has 0 bridgehead atoms. The highest BCUT2D eigenvalue weighted by atomic mass is 32.2. The van der Waals surface area contributed by atoms with E-state index >= 15 is 0 Å². The highest BCUT2D eigenvalue weighted by molar-refractivity contribution is 7.92. The summed E-state index contributed by atoms with van der Waals surface area (Å²) in [5, 5.41) is 0. The first-order valence-corrected chi connectivity index (χ1v) is 9.92. The normalized spacial score (nSPS) is 14.9. The molecule has 2 aromatic carbocycles. The fourth-order valence-corrected chi connectivity index (χ4v) is 3.90. The zero-order valence-electron chi connectivity index (χ0n) is 14.9. The molecule has 0 aromatic heterocycles. The van der Waals surface area contributed by atoms with E-state index in [0.717, 1.165) is 11.3 Å². The fourth-order valence-electron chi connectivity index (χ4n) is 2.84. The molecule has 0 saturated carbocycles. The number of Topliss-reactive ketones (excluding diaryl/α,β-unsaturated/α-hetero) is 1. The predicted molar refractivity (Wildman–Crippen MR) is 101 cm³/mol. The van der Waals surface area contributed by atoms with E-state index in [1.54, 1.807) is 42.5 Å². The SMILES string of the molecule is CC(=O)c1ccc(N2CCOCC2)c(NS(=O)(=O)c2ccc(C)cc2)c1. The molecule has 26 heavy (non-hydrogen) atoms.